The maximum Gasteiger partial charge on any atom is 0.164 e. The second-order valence-electron chi connectivity index (χ2n) is 11.3. The van der Waals surface area contributed by atoms with Gasteiger partial charge in [-0.2, -0.15) is 0 Å². The number of phenols is 2. The Morgan fingerprint density at radius 1 is 0.590 bits per heavy atom. The molecule has 0 saturated heterocycles. The molecule has 4 aromatic rings. The van der Waals surface area contributed by atoms with Gasteiger partial charge in [0, 0.05) is 0 Å². The second-order valence-corrected chi connectivity index (χ2v) is 11.3. The molecule has 4 nitrogen and oxygen atoms in total. The van der Waals surface area contributed by atoms with E-state index < -0.39 is 5.41 Å². The lowest BCUT2D eigenvalue weighted by atomic mass is 9.63. The van der Waals surface area contributed by atoms with E-state index in [0.29, 0.717) is 11.5 Å². The smallest absolute Gasteiger partial charge is 0.164 e. The zero-order chi connectivity index (χ0) is 28.2. The van der Waals surface area contributed by atoms with Gasteiger partial charge >= 0.3 is 0 Å². The van der Waals surface area contributed by atoms with Crippen molar-refractivity contribution in [2.24, 2.45) is 0 Å². The van der Waals surface area contributed by atoms with E-state index in [9.17, 15) is 10.2 Å². The Labute approximate surface area is 231 Å². The van der Waals surface area contributed by atoms with Gasteiger partial charge in [0.2, 0.25) is 0 Å². The molecule has 39 heavy (non-hydrogen) atoms. The van der Waals surface area contributed by atoms with Crippen molar-refractivity contribution in [1.29, 1.82) is 0 Å². The summed E-state index contributed by atoms with van der Waals surface area (Å²) in [5, 5.41) is 22.1. The van der Waals surface area contributed by atoms with Gasteiger partial charge in [-0.05, 0) is 123 Å². The molecule has 0 aliphatic heterocycles. The Kier molecular flexibility index (Phi) is 6.62. The maximum atomic E-state index is 11.0. The van der Waals surface area contributed by atoms with E-state index >= 15 is 0 Å². The summed E-state index contributed by atoms with van der Waals surface area (Å²) in [4.78, 5) is 0. The van der Waals surface area contributed by atoms with E-state index in [1.54, 1.807) is 0 Å². The van der Waals surface area contributed by atoms with Gasteiger partial charge in [0.25, 0.3) is 0 Å². The summed E-state index contributed by atoms with van der Waals surface area (Å²) in [7, 11) is 0. The van der Waals surface area contributed by atoms with E-state index in [4.69, 9.17) is 9.47 Å². The minimum Gasteiger partial charge on any atom is -0.504 e. The number of ether oxygens (including phenoxy) is 2. The van der Waals surface area contributed by atoms with E-state index in [1.807, 2.05) is 53.7 Å². The minimum atomic E-state index is -0.735. The normalized spacial score (nSPS) is 13.5. The molecule has 0 amide bonds. The average molecular weight is 523 g/mol. The Morgan fingerprint density at radius 2 is 0.949 bits per heavy atom. The highest BCUT2D eigenvalue weighted by Gasteiger charge is 2.50. The molecule has 5 rings (SSSR count). The van der Waals surface area contributed by atoms with Crippen molar-refractivity contribution in [3.63, 3.8) is 0 Å². The van der Waals surface area contributed by atoms with Gasteiger partial charge < -0.3 is 19.7 Å². The number of rotatable bonds is 6. The van der Waals surface area contributed by atoms with Gasteiger partial charge in [-0.3, -0.25) is 0 Å². The van der Waals surface area contributed by atoms with Crippen LogP contribution in [0.5, 0.6) is 23.0 Å². The van der Waals surface area contributed by atoms with Gasteiger partial charge in [0.05, 0.1) is 17.6 Å². The molecule has 0 radical (unpaired) electrons. The minimum absolute atomic E-state index is 0.104. The second kappa shape index (κ2) is 9.68. The molecule has 4 aromatic carbocycles. The number of fused-ring (bicyclic) bond motifs is 3. The van der Waals surface area contributed by atoms with Gasteiger partial charge in [-0.1, -0.05) is 48.5 Å². The summed E-state index contributed by atoms with van der Waals surface area (Å²) in [6.07, 6.45) is -0.208. The summed E-state index contributed by atoms with van der Waals surface area (Å²) >= 11 is 0. The van der Waals surface area contributed by atoms with Crippen LogP contribution in [0, 0.1) is 27.7 Å². The van der Waals surface area contributed by atoms with E-state index in [2.05, 4.69) is 62.4 Å². The number of hydrogen-bond acceptors (Lipinski definition) is 4. The predicted molar refractivity (Wildman–Crippen MR) is 158 cm³/mol. The van der Waals surface area contributed by atoms with E-state index in [0.717, 1.165) is 44.5 Å². The van der Waals surface area contributed by atoms with Crippen LogP contribution in [0.2, 0.25) is 0 Å². The third-order valence-electron chi connectivity index (χ3n) is 7.80. The first-order valence-corrected chi connectivity index (χ1v) is 13.7. The fourth-order valence-corrected chi connectivity index (χ4v) is 6.71. The molecule has 0 bridgehead atoms. The van der Waals surface area contributed by atoms with Crippen LogP contribution in [-0.2, 0) is 5.41 Å². The monoisotopic (exact) mass is 522 g/mol. The van der Waals surface area contributed by atoms with Crippen molar-refractivity contribution in [3.8, 4) is 34.1 Å². The fourth-order valence-electron chi connectivity index (χ4n) is 6.71. The largest absolute Gasteiger partial charge is 0.504 e. The van der Waals surface area contributed by atoms with Crippen LogP contribution in [0.1, 0.15) is 72.2 Å². The lowest BCUT2D eigenvalue weighted by Crippen LogP contribution is -2.33. The zero-order valence-electron chi connectivity index (χ0n) is 24.1. The molecule has 2 N–H and O–H groups in total. The highest BCUT2D eigenvalue weighted by Crippen LogP contribution is 2.61. The van der Waals surface area contributed by atoms with Crippen molar-refractivity contribution in [3.05, 3.63) is 105 Å². The predicted octanol–water partition coefficient (Wildman–Crippen LogP) is 8.27. The standard InChI is InChI=1S/C35H38O4/c1-19(2)38-33-23(7)31(21(5)17-29(33)36)35(32-22(6)18-30(37)34(24(32)8)39-20(3)4)27-15-11-9-13-25(27)26-14-10-12-16-28(26)35/h9-20,36-37H,1-8H3. The van der Waals surface area contributed by atoms with Crippen LogP contribution in [0.3, 0.4) is 0 Å². The molecule has 0 unspecified atom stereocenters. The molecule has 202 valence electrons. The van der Waals surface area contributed by atoms with Crippen molar-refractivity contribution in [2.45, 2.75) is 73.0 Å². The number of aryl methyl sites for hydroxylation is 2. The van der Waals surface area contributed by atoms with Gasteiger partial charge in [-0.25, -0.2) is 0 Å². The quantitative estimate of drug-likeness (QED) is 0.236. The van der Waals surface area contributed by atoms with Gasteiger partial charge in [0.1, 0.15) is 0 Å². The Balaban J connectivity index is 2.04. The SMILES string of the molecule is Cc1cc(O)c(OC(C)C)c(C)c1C1(c2c(C)cc(O)c(OC(C)C)c2C)c2ccccc2-c2ccccc21. The molecule has 0 spiro atoms. The third kappa shape index (κ3) is 3.96. The fraction of sp³-hybridized carbons (Fsp3) is 0.314. The summed E-state index contributed by atoms with van der Waals surface area (Å²) in [6.45, 7) is 16.1. The van der Waals surface area contributed by atoms with Crippen LogP contribution < -0.4 is 9.47 Å². The Hall–Kier alpha value is -3.92. The molecule has 4 heteroatoms. The van der Waals surface area contributed by atoms with Crippen LogP contribution in [0.25, 0.3) is 11.1 Å². The van der Waals surface area contributed by atoms with Gasteiger partial charge in [0.15, 0.2) is 23.0 Å². The maximum absolute atomic E-state index is 11.0. The average Bonchev–Trinajstić information content (AvgIpc) is 3.15. The molecular weight excluding hydrogens is 484 g/mol. The highest BCUT2D eigenvalue weighted by molar-refractivity contribution is 5.88. The van der Waals surface area contributed by atoms with Crippen molar-refractivity contribution < 1.29 is 19.7 Å². The van der Waals surface area contributed by atoms with Crippen molar-refractivity contribution >= 4 is 0 Å². The summed E-state index contributed by atoms with van der Waals surface area (Å²) in [5.41, 5.74) is 9.78. The first-order chi connectivity index (χ1) is 18.5. The van der Waals surface area contributed by atoms with Crippen LogP contribution in [0.15, 0.2) is 60.7 Å². The lowest BCUT2D eigenvalue weighted by molar-refractivity contribution is 0.229. The van der Waals surface area contributed by atoms with E-state index in [-0.39, 0.29) is 23.7 Å². The number of phenolic OH excluding ortho intramolecular Hbond substituents is 2. The van der Waals surface area contributed by atoms with E-state index in [1.165, 1.54) is 11.1 Å². The number of benzene rings is 4. The first kappa shape index (κ1) is 26.7. The third-order valence-corrected chi connectivity index (χ3v) is 7.80. The zero-order valence-corrected chi connectivity index (χ0v) is 24.1. The van der Waals surface area contributed by atoms with Crippen molar-refractivity contribution in [2.75, 3.05) is 0 Å². The molecule has 0 aromatic heterocycles. The molecule has 0 fully saturated rings. The molecule has 1 aliphatic rings. The van der Waals surface area contributed by atoms with Crippen LogP contribution in [-0.4, -0.2) is 22.4 Å². The molecule has 1 aliphatic carbocycles. The number of hydrogen-bond donors (Lipinski definition) is 2. The molecule has 0 heterocycles. The number of aromatic hydroxyl groups is 2. The molecule has 0 saturated carbocycles. The highest BCUT2D eigenvalue weighted by atomic mass is 16.5. The topological polar surface area (TPSA) is 58.9 Å². The summed E-state index contributed by atoms with van der Waals surface area (Å²) in [6, 6.07) is 20.8. The van der Waals surface area contributed by atoms with Gasteiger partial charge in [-0.15, -0.1) is 0 Å². The molecular formula is C35H38O4. The van der Waals surface area contributed by atoms with Crippen LogP contribution in [0.4, 0.5) is 0 Å². The Morgan fingerprint density at radius 3 is 1.31 bits per heavy atom. The van der Waals surface area contributed by atoms with Crippen molar-refractivity contribution in [1.82, 2.24) is 0 Å². The summed E-state index contributed by atoms with van der Waals surface area (Å²) < 4.78 is 12.5. The van der Waals surface area contributed by atoms with Crippen LogP contribution >= 0.6 is 0 Å². The lowest BCUT2D eigenvalue weighted by Gasteiger charge is -2.39. The Bertz CT molecular complexity index is 1460. The summed E-state index contributed by atoms with van der Waals surface area (Å²) in [5.74, 6) is 1.28. The molecule has 0 atom stereocenters. The first-order valence-electron chi connectivity index (χ1n) is 13.7.